The van der Waals surface area contributed by atoms with Gasteiger partial charge >= 0.3 is 0 Å². The maximum atomic E-state index is 12.1. The van der Waals surface area contributed by atoms with Crippen LogP contribution in [0.5, 0.6) is 11.6 Å². The third-order valence-corrected chi connectivity index (χ3v) is 5.62. The molecule has 0 aliphatic carbocycles. The Labute approximate surface area is 196 Å². The van der Waals surface area contributed by atoms with E-state index in [9.17, 15) is 4.79 Å². The number of amides is 1. The van der Waals surface area contributed by atoms with Crippen LogP contribution < -0.4 is 20.3 Å². The van der Waals surface area contributed by atoms with Crippen molar-refractivity contribution in [2.75, 3.05) is 43.6 Å². The first-order valence-corrected chi connectivity index (χ1v) is 11.1. The van der Waals surface area contributed by atoms with Crippen molar-refractivity contribution >= 4 is 34.2 Å². The molecule has 2 N–H and O–H groups in total. The monoisotopic (exact) mass is 459 g/mol. The van der Waals surface area contributed by atoms with Gasteiger partial charge in [0.05, 0.1) is 18.8 Å². The lowest BCUT2D eigenvalue weighted by Gasteiger charge is -2.29. The van der Waals surface area contributed by atoms with Crippen molar-refractivity contribution in [1.29, 1.82) is 0 Å². The average molecular weight is 460 g/mol. The molecule has 9 nitrogen and oxygen atoms in total. The second-order valence-corrected chi connectivity index (χ2v) is 7.87. The third kappa shape index (κ3) is 4.51. The number of nitrogens with one attached hydrogen (secondary N) is 2. The molecule has 1 amide bonds. The summed E-state index contributed by atoms with van der Waals surface area (Å²) in [6, 6.07) is 15.1. The van der Waals surface area contributed by atoms with Crippen LogP contribution in [-0.2, 0) is 4.74 Å². The molecule has 0 unspecified atom stereocenters. The molecular weight excluding hydrogens is 434 g/mol. The SMILES string of the molecule is CNC(=O)c1c(C)oc2cc(Oc3ccnc(Nc4cccc(N5CCOCC5)c4)n3)ccc12. The summed E-state index contributed by atoms with van der Waals surface area (Å²) in [6.07, 6.45) is 1.63. The van der Waals surface area contributed by atoms with Gasteiger partial charge in [0.15, 0.2) is 0 Å². The number of hydrogen-bond donors (Lipinski definition) is 2. The number of anilines is 3. The molecule has 1 aliphatic rings. The van der Waals surface area contributed by atoms with Gasteiger partial charge in [-0.15, -0.1) is 0 Å². The van der Waals surface area contributed by atoms with E-state index in [2.05, 4.69) is 37.6 Å². The molecular formula is C25H25N5O4. The molecule has 0 spiro atoms. The van der Waals surface area contributed by atoms with Crippen LogP contribution in [0.4, 0.5) is 17.3 Å². The number of benzene rings is 2. The molecule has 0 bridgehead atoms. The summed E-state index contributed by atoms with van der Waals surface area (Å²) in [5.41, 5.74) is 3.10. The van der Waals surface area contributed by atoms with E-state index in [1.165, 1.54) is 0 Å². The summed E-state index contributed by atoms with van der Waals surface area (Å²) in [7, 11) is 1.59. The second-order valence-electron chi connectivity index (χ2n) is 7.87. The van der Waals surface area contributed by atoms with Crippen LogP contribution in [0.2, 0.25) is 0 Å². The summed E-state index contributed by atoms with van der Waals surface area (Å²) in [4.78, 5) is 23.2. The molecule has 1 aliphatic heterocycles. The zero-order valence-corrected chi connectivity index (χ0v) is 19.0. The number of aromatic nitrogens is 2. The Morgan fingerprint density at radius 1 is 1.12 bits per heavy atom. The molecule has 5 rings (SSSR count). The number of rotatable bonds is 6. The Morgan fingerprint density at radius 2 is 1.97 bits per heavy atom. The van der Waals surface area contributed by atoms with Crippen molar-refractivity contribution in [3.63, 3.8) is 0 Å². The largest absolute Gasteiger partial charge is 0.460 e. The van der Waals surface area contributed by atoms with Gasteiger partial charge in [-0.1, -0.05) is 6.07 Å². The lowest BCUT2D eigenvalue weighted by molar-refractivity contribution is 0.0963. The van der Waals surface area contributed by atoms with Gasteiger partial charge in [-0.2, -0.15) is 4.98 Å². The number of ether oxygens (including phenoxy) is 2. The van der Waals surface area contributed by atoms with E-state index in [0.29, 0.717) is 34.5 Å². The number of fused-ring (bicyclic) bond motifs is 1. The predicted octanol–water partition coefficient (Wildman–Crippen LogP) is 4.26. The smallest absolute Gasteiger partial charge is 0.255 e. The van der Waals surface area contributed by atoms with Gasteiger partial charge in [-0.3, -0.25) is 4.79 Å². The molecule has 3 heterocycles. The molecule has 2 aromatic carbocycles. The molecule has 174 valence electrons. The summed E-state index contributed by atoms with van der Waals surface area (Å²) < 4.78 is 17.2. The Kier molecular flexibility index (Phi) is 6.01. The summed E-state index contributed by atoms with van der Waals surface area (Å²) in [5.74, 6) is 1.72. The normalized spacial score (nSPS) is 13.6. The van der Waals surface area contributed by atoms with E-state index in [-0.39, 0.29) is 5.91 Å². The molecule has 1 fully saturated rings. The van der Waals surface area contributed by atoms with Crippen LogP contribution in [0, 0.1) is 6.92 Å². The minimum absolute atomic E-state index is 0.186. The molecule has 0 saturated carbocycles. The third-order valence-electron chi connectivity index (χ3n) is 5.62. The number of carbonyl (C=O) groups is 1. The Bertz CT molecular complexity index is 1330. The van der Waals surface area contributed by atoms with Crippen LogP contribution in [-0.4, -0.2) is 49.2 Å². The summed E-state index contributed by atoms with van der Waals surface area (Å²) in [6.45, 7) is 4.97. The quantitative estimate of drug-likeness (QED) is 0.441. The fourth-order valence-corrected chi connectivity index (χ4v) is 3.98. The van der Waals surface area contributed by atoms with Gasteiger partial charge < -0.3 is 29.4 Å². The Balaban J connectivity index is 1.33. The number of carbonyl (C=O) groups excluding carboxylic acids is 1. The molecule has 0 atom stereocenters. The lowest BCUT2D eigenvalue weighted by atomic mass is 10.1. The minimum Gasteiger partial charge on any atom is -0.460 e. The number of morpholine rings is 1. The average Bonchev–Trinajstić information content (AvgIpc) is 3.19. The van der Waals surface area contributed by atoms with E-state index in [1.54, 1.807) is 38.4 Å². The number of aryl methyl sites for hydroxylation is 1. The molecule has 4 aromatic rings. The fourth-order valence-electron chi connectivity index (χ4n) is 3.98. The van der Waals surface area contributed by atoms with Crippen LogP contribution in [0.25, 0.3) is 11.0 Å². The van der Waals surface area contributed by atoms with Crippen molar-refractivity contribution in [2.45, 2.75) is 6.92 Å². The first-order valence-electron chi connectivity index (χ1n) is 11.1. The molecule has 2 aromatic heterocycles. The van der Waals surface area contributed by atoms with Gasteiger partial charge in [0, 0.05) is 55.2 Å². The standard InChI is InChI=1S/C25H25N5O4/c1-16-23(24(31)26-2)20-7-6-19(15-21(20)33-16)34-22-8-9-27-25(29-22)28-17-4-3-5-18(14-17)30-10-12-32-13-11-30/h3-9,14-15H,10-13H2,1-2H3,(H,26,31)(H,27,28,29). The second kappa shape index (κ2) is 9.40. The zero-order valence-electron chi connectivity index (χ0n) is 19.0. The van der Waals surface area contributed by atoms with Crippen molar-refractivity contribution in [3.05, 3.63) is 66.1 Å². The topological polar surface area (TPSA) is 102 Å². The first-order chi connectivity index (χ1) is 16.6. The van der Waals surface area contributed by atoms with Crippen LogP contribution in [0.1, 0.15) is 16.1 Å². The van der Waals surface area contributed by atoms with Crippen LogP contribution in [0.15, 0.2) is 59.1 Å². The highest BCUT2D eigenvalue weighted by Gasteiger charge is 2.18. The highest BCUT2D eigenvalue weighted by atomic mass is 16.5. The number of nitrogens with zero attached hydrogens (tertiary/aromatic N) is 3. The first kappa shape index (κ1) is 21.7. The van der Waals surface area contributed by atoms with Crippen molar-refractivity contribution in [3.8, 4) is 11.6 Å². The maximum absolute atomic E-state index is 12.1. The van der Waals surface area contributed by atoms with Gasteiger partial charge in [-0.25, -0.2) is 4.98 Å². The molecule has 9 heteroatoms. The van der Waals surface area contributed by atoms with E-state index >= 15 is 0 Å². The maximum Gasteiger partial charge on any atom is 0.255 e. The predicted molar refractivity (Wildman–Crippen MR) is 129 cm³/mol. The van der Waals surface area contributed by atoms with E-state index < -0.39 is 0 Å². The van der Waals surface area contributed by atoms with E-state index in [0.717, 1.165) is 43.1 Å². The van der Waals surface area contributed by atoms with Gasteiger partial charge in [0.25, 0.3) is 5.91 Å². The number of hydrogen-bond acceptors (Lipinski definition) is 8. The van der Waals surface area contributed by atoms with Crippen LogP contribution >= 0.6 is 0 Å². The Hall–Kier alpha value is -4.11. The van der Waals surface area contributed by atoms with Crippen molar-refractivity contribution < 1.29 is 18.7 Å². The summed E-state index contributed by atoms with van der Waals surface area (Å²) in [5, 5.41) is 6.62. The van der Waals surface area contributed by atoms with Crippen LogP contribution in [0.3, 0.4) is 0 Å². The van der Waals surface area contributed by atoms with E-state index in [4.69, 9.17) is 13.9 Å². The van der Waals surface area contributed by atoms with Crippen molar-refractivity contribution in [1.82, 2.24) is 15.3 Å². The highest BCUT2D eigenvalue weighted by molar-refractivity contribution is 6.07. The van der Waals surface area contributed by atoms with Gasteiger partial charge in [0.2, 0.25) is 11.8 Å². The highest BCUT2D eigenvalue weighted by Crippen LogP contribution is 2.31. The number of furan rings is 1. The lowest BCUT2D eigenvalue weighted by Crippen LogP contribution is -2.36. The van der Waals surface area contributed by atoms with E-state index in [1.807, 2.05) is 18.2 Å². The van der Waals surface area contributed by atoms with Gasteiger partial charge in [0.1, 0.15) is 17.1 Å². The Morgan fingerprint density at radius 3 is 2.79 bits per heavy atom. The molecule has 34 heavy (non-hydrogen) atoms. The molecule has 0 radical (unpaired) electrons. The van der Waals surface area contributed by atoms with Crippen molar-refractivity contribution in [2.24, 2.45) is 0 Å². The molecule has 1 saturated heterocycles. The zero-order chi connectivity index (χ0) is 23.5. The van der Waals surface area contributed by atoms with Gasteiger partial charge in [-0.05, 0) is 37.3 Å². The minimum atomic E-state index is -0.186. The fraction of sp³-hybridized carbons (Fsp3) is 0.240. The summed E-state index contributed by atoms with van der Waals surface area (Å²) >= 11 is 0.